The Morgan fingerprint density at radius 1 is 1.10 bits per heavy atom. The Bertz CT molecular complexity index is 1640. The summed E-state index contributed by atoms with van der Waals surface area (Å²) in [7, 11) is 0. The number of rotatable bonds is 8. The highest BCUT2D eigenvalue weighted by Gasteiger charge is 2.18. The molecular formula is C33H31N3O3. The van der Waals surface area contributed by atoms with Crippen molar-refractivity contribution in [1.82, 2.24) is 9.55 Å². The van der Waals surface area contributed by atoms with Crippen molar-refractivity contribution in [3.8, 4) is 5.75 Å². The zero-order chi connectivity index (χ0) is 27.4. The van der Waals surface area contributed by atoms with Crippen molar-refractivity contribution in [3.05, 3.63) is 113 Å². The number of amides is 1. The quantitative estimate of drug-likeness (QED) is 0.258. The van der Waals surface area contributed by atoms with Crippen LogP contribution in [-0.2, 0) is 13.0 Å². The number of unbranched alkanes of at least 4 members (excludes halogenated alkanes) is 1. The summed E-state index contributed by atoms with van der Waals surface area (Å²) in [6.45, 7) is 4.77. The molecule has 1 aromatic heterocycles. The van der Waals surface area contributed by atoms with Crippen LogP contribution in [-0.4, -0.2) is 32.6 Å². The first-order valence-electron chi connectivity index (χ1n) is 13.3. The molecular weight excluding hydrogens is 486 g/mol. The molecule has 5 rings (SSSR count). The van der Waals surface area contributed by atoms with Crippen LogP contribution in [0.4, 0.5) is 0 Å². The maximum atomic E-state index is 12.9. The van der Waals surface area contributed by atoms with Gasteiger partial charge < -0.3 is 9.67 Å². The number of carbonyl (C=O) groups excluding carboxylic acids is 2. The number of nitrogens with zero attached hydrogens (tertiary/aromatic N) is 3. The average Bonchev–Trinajstić information content (AvgIpc) is 3.33. The Morgan fingerprint density at radius 3 is 2.67 bits per heavy atom. The van der Waals surface area contributed by atoms with Gasteiger partial charge in [0.15, 0.2) is 6.29 Å². The Labute approximate surface area is 228 Å². The van der Waals surface area contributed by atoms with Crippen molar-refractivity contribution in [3.63, 3.8) is 0 Å². The molecule has 1 aliphatic rings. The fourth-order valence-electron chi connectivity index (χ4n) is 4.96. The van der Waals surface area contributed by atoms with Crippen molar-refractivity contribution < 1.29 is 14.7 Å². The zero-order valence-corrected chi connectivity index (χ0v) is 22.2. The predicted molar refractivity (Wildman–Crippen MR) is 156 cm³/mol. The number of aliphatic imine (C=N–C) groups is 1. The van der Waals surface area contributed by atoms with Gasteiger partial charge in [-0.25, -0.2) is 9.98 Å². The Hall–Kier alpha value is -4.58. The molecule has 1 heterocycles. The summed E-state index contributed by atoms with van der Waals surface area (Å²) in [5.41, 5.74) is 6.88. The van der Waals surface area contributed by atoms with E-state index >= 15 is 0 Å². The van der Waals surface area contributed by atoms with Gasteiger partial charge in [-0.3, -0.25) is 9.59 Å². The molecule has 0 spiro atoms. The van der Waals surface area contributed by atoms with Crippen LogP contribution in [0.25, 0.3) is 16.6 Å². The van der Waals surface area contributed by atoms with Crippen LogP contribution >= 0.6 is 0 Å². The second-order valence-electron chi connectivity index (χ2n) is 9.79. The van der Waals surface area contributed by atoms with E-state index in [4.69, 9.17) is 4.98 Å². The number of hydrogen-bond acceptors (Lipinski definition) is 4. The van der Waals surface area contributed by atoms with Crippen molar-refractivity contribution >= 4 is 34.5 Å². The average molecular weight is 518 g/mol. The summed E-state index contributed by atoms with van der Waals surface area (Å²) >= 11 is 0. The summed E-state index contributed by atoms with van der Waals surface area (Å²) in [6, 6.07) is 18.6. The zero-order valence-electron chi connectivity index (χ0n) is 22.2. The van der Waals surface area contributed by atoms with E-state index in [9.17, 15) is 14.7 Å². The van der Waals surface area contributed by atoms with Gasteiger partial charge in [-0.05, 0) is 42.2 Å². The van der Waals surface area contributed by atoms with Crippen LogP contribution in [0.15, 0.2) is 83.9 Å². The third-order valence-electron chi connectivity index (χ3n) is 7.09. The first-order chi connectivity index (χ1) is 19.0. The second kappa shape index (κ2) is 11.4. The number of benzene rings is 3. The van der Waals surface area contributed by atoms with Crippen LogP contribution < -0.4 is 0 Å². The van der Waals surface area contributed by atoms with Crippen LogP contribution in [0, 0.1) is 6.92 Å². The topological polar surface area (TPSA) is 84.6 Å². The number of aromatic hydroxyl groups is 1. The van der Waals surface area contributed by atoms with Crippen molar-refractivity contribution in [1.29, 1.82) is 0 Å². The number of aromatic nitrogens is 2. The van der Waals surface area contributed by atoms with Crippen LogP contribution in [0.5, 0.6) is 5.75 Å². The highest BCUT2D eigenvalue weighted by molar-refractivity contribution is 6.28. The van der Waals surface area contributed by atoms with Crippen LogP contribution in [0.3, 0.4) is 0 Å². The van der Waals surface area contributed by atoms with Crippen molar-refractivity contribution in [2.75, 3.05) is 0 Å². The van der Waals surface area contributed by atoms with Gasteiger partial charge >= 0.3 is 0 Å². The minimum atomic E-state index is -0.424. The molecule has 4 aromatic rings. The molecule has 0 saturated heterocycles. The van der Waals surface area contributed by atoms with Crippen molar-refractivity contribution in [2.24, 2.45) is 4.99 Å². The lowest BCUT2D eigenvalue weighted by molar-refractivity contribution is 0.0995. The van der Waals surface area contributed by atoms with Gasteiger partial charge in [0.2, 0.25) is 0 Å². The van der Waals surface area contributed by atoms with Crippen molar-refractivity contribution in [2.45, 2.75) is 46.1 Å². The van der Waals surface area contributed by atoms with Crippen LogP contribution in [0.1, 0.15) is 69.4 Å². The van der Waals surface area contributed by atoms with E-state index in [-0.39, 0.29) is 5.75 Å². The van der Waals surface area contributed by atoms with Crippen LogP contribution in [0.2, 0.25) is 0 Å². The predicted octanol–water partition coefficient (Wildman–Crippen LogP) is 6.88. The number of phenols is 1. The molecule has 0 unspecified atom stereocenters. The smallest absolute Gasteiger partial charge is 0.277 e. The number of hydrogen-bond donors (Lipinski definition) is 1. The summed E-state index contributed by atoms with van der Waals surface area (Å²) in [6.07, 6.45) is 10.1. The Kier molecular flexibility index (Phi) is 7.64. The highest BCUT2D eigenvalue weighted by atomic mass is 16.3. The van der Waals surface area contributed by atoms with Gasteiger partial charge in [0.1, 0.15) is 17.1 Å². The molecule has 0 fully saturated rings. The molecule has 1 N–H and O–H groups in total. The number of carbonyl (C=O) groups is 2. The van der Waals surface area contributed by atoms with Gasteiger partial charge in [-0.15, -0.1) is 0 Å². The lowest BCUT2D eigenvalue weighted by atomic mass is 9.94. The number of imidazole rings is 1. The summed E-state index contributed by atoms with van der Waals surface area (Å²) in [5, 5.41) is 10.7. The van der Waals surface area contributed by atoms with Gasteiger partial charge in [0, 0.05) is 30.5 Å². The number of fused-ring (bicyclic) bond motifs is 1. The first kappa shape index (κ1) is 26.0. The molecule has 1 aliphatic carbocycles. The molecule has 0 radical (unpaired) electrons. The van der Waals surface area contributed by atoms with E-state index < -0.39 is 5.91 Å². The largest absolute Gasteiger partial charge is 0.506 e. The van der Waals surface area contributed by atoms with E-state index in [0.29, 0.717) is 36.1 Å². The molecule has 3 aromatic carbocycles. The normalized spacial score (nSPS) is 14.1. The number of aryl methyl sites for hydroxylation is 2. The van der Waals surface area contributed by atoms with E-state index in [1.165, 1.54) is 0 Å². The Morgan fingerprint density at radius 2 is 1.90 bits per heavy atom. The third-order valence-corrected chi connectivity index (χ3v) is 7.09. The van der Waals surface area contributed by atoms with E-state index in [2.05, 4.69) is 28.6 Å². The number of phenolic OH excluding ortho intramolecular Hbond substituents is 1. The van der Waals surface area contributed by atoms with E-state index in [1.54, 1.807) is 30.3 Å². The molecule has 6 nitrogen and oxygen atoms in total. The van der Waals surface area contributed by atoms with Gasteiger partial charge in [0.05, 0.1) is 16.8 Å². The molecule has 0 atom stereocenters. The third kappa shape index (κ3) is 5.36. The van der Waals surface area contributed by atoms with E-state index in [1.807, 2.05) is 43.4 Å². The standard InChI is InChI=1S/C33H31N3O3/c1-3-4-13-30-35-31-22(2)14-19-29(38)32(31)36(30)20-23-15-17-24(18-16-23)26-10-7-8-12-28(26)34-33(39)27-11-6-5-9-25(27)21-37/h5-11,14-19,21,38H,3-4,12-13,20H2,1-2H3. The molecule has 1 amide bonds. The Balaban J connectivity index is 1.44. The summed E-state index contributed by atoms with van der Waals surface area (Å²) in [4.78, 5) is 33.6. The maximum Gasteiger partial charge on any atom is 0.277 e. The fourth-order valence-corrected chi connectivity index (χ4v) is 4.96. The van der Waals surface area contributed by atoms with Gasteiger partial charge in [0.25, 0.3) is 5.91 Å². The van der Waals surface area contributed by atoms with Gasteiger partial charge in [-0.1, -0.05) is 80.1 Å². The molecule has 0 aliphatic heterocycles. The first-order valence-corrected chi connectivity index (χ1v) is 13.3. The summed E-state index contributed by atoms with van der Waals surface area (Å²) in [5.74, 6) is 0.791. The van der Waals surface area contributed by atoms with E-state index in [0.717, 1.165) is 58.4 Å². The second-order valence-corrected chi connectivity index (χ2v) is 9.79. The number of aldehydes is 1. The monoisotopic (exact) mass is 517 g/mol. The molecule has 6 heteroatoms. The molecule has 39 heavy (non-hydrogen) atoms. The molecule has 196 valence electrons. The summed E-state index contributed by atoms with van der Waals surface area (Å²) < 4.78 is 2.13. The van der Waals surface area contributed by atoms with Gasteiger partial charge in [-0.2, -0.15) is 0 Å². The highest BCUT2D eigenvalue weighted by Crippen LogP contribution is 2.30. The number of allylic oxidation sites excluding steroid dienone is 4. The minimum Gasteiger partial charge on any atom is -0.506 e. The fraction of sp³-hybridized carbons (Fsp3) is 0.212. The molecule has 0 saturated carbocycles. The molecule has 0 bridgehead atoms. The maximum absolute atomic E-state index is 12.9. The lowest BCUT2D eigenvalue weighted by Gasteiger charge is -2.14. The minimum absolute atomic E-state index is 0.239. The lowest BCUT2D eigenvalue weighted by Crippen LogP contribution is -2.10. The SMILES string of the molecule is CCCCc1nc2c(C)ccc(O)c2n1Cc1ccc(C2=CC=CCC2=NC(=O)c2ccccc2C=O)cc1.